The summed E-state index contributed by atoms with van der Waals surface area (Å²) in [5, 5.41) is 0.805. The van der Waals surface area contributed by atoms with Gasteiger partial charge in [-0.15, -0.1) is 0 Å². The zero-order chi connectivity index (χ0) is 20.4. The van der Waals surface area contributed by atoms with Crippen LogP contribution < -0.4 is 10.5 Å². The molecule has 2 heterocycles. The van der Waals surface area contributed by atoms with Gasteiger partial charge < -0.3 is 20.1 Å². The van der Waals surface area contributed by atoms with E-state index in [1.54, 1.807) is 0 Å². The molecule has 0 spiro atoms. The number of nitrogen functional groups attached to an aromatic ring is 1. The first-order chi connectivity index (χ1) is 14.0. The van der Waals surface area contributed by atoms with E-state index in [4.69, 9.17) is 15.2 Å². The molecule has 3 aromatic rings. The maximum atomic E-state index is 12.6. The summed E-state index contributed by atoms with van der Waals surface area (Å²) in [7, 11) is 0. The monoisotopic (exact) mass is 392 g/mol. The minimum atomic E-state index is -0.0263. The first-order valence-electron chi connectivity index (χ1n) is 9.72. The molecule has 0 saturated carbocycles. The number of rotatable bonds is 4. The lowest BCUT2D eigenvalue weighted by Gasteiger charge is -2.26. The summed E-state index contributed by atoms with van der Waals surface area (Å²) >= 11 is 0. The number of nitrogens with two attached hydrogens (primary N) is 1. The van der Waals surface area contributed by atoms with Crippen LogP contribution in [0.3, 0.4) is 0 Å². The van der Waals surface area contributed by atoms with E-state index in [-0.39, 0.29) is 18.0 Å². The Morgan fingerprint density at radius 1 is 1.07 bits per heavy atom. The highest BCUT2D eigenvalue weighted by Gasteiger charge is 2.18. The van der Waals surface area contributed by atoms with Crippen LogP contribution in [-0.4, -0.2) is 53.2 Å². The van der Waals surface area contributed by atoms with Gasteiger partial charge in [0.25, 0.3) is 5.91 Å². The van der Waals surface area contributed by atoms with Crippen LogP contribution in [0, 0.1) is 0 Å². The molecule has 1 aliphatic heterocycles. The summed E-state index contributed by atoms with van der Waals surface area (Å²) in [4.78, 5) is 23.0. The molecular formula is C22H24N4O3. The summed E-state index contributed by atoms with van der Waals surface area (Å²) in [6, 6.07) is 13.5. The smallest absolute Gasteiger partial charge is 0.254 e. The van der Waals surface area contributed by atoms with E-state index < -0.39 is 0 Å². The van der Waals surface area contributed by atoms with Gasteiger partial charge in [-0.1, -0.05) is 18.2 Å². The first-order valence-corrected chi connectivity index (χ1v) is 9.72. The number of ether oxygens (including phenoxy) is 2. The lowest BCUT2D eigenvalue weighted by molar-refractivity contribution is 0.0303. The molecule has 1 amide bonds. The summed E-state index contributed by atoms with van der Waals surface area (Å²) < 4.78 is 11.1. The predicted molar refractivity (Wildman–Crippen MR) is 112 cm³/mol. The third-order valence-corrected chi connectivity index (χ3v) is 4.79. The number of carbonyl (C=O) groups excluding carboxylic acids is 1. The van der Waals surface area contributed by atoms with Crippen LogP contribution >= 0.6 is 0 Å². The zero-order valence-corrected chi connectivity index (χ0v) is 16.6. The number of fused-ring (bicyclic) bond motifs is 1. The molecule has 29 heavy (non-hydrogen) atoms. The van der Waals surface area contributed by atoms with Crippen LogP contribution in [0.1, 0.15) is 24.2 Å². The SMILES string of the molecule is CC(C)Oc1nc(N)nc2ccc(-c3ccc(C(=O)N4CCOCC4)cc3)cc12. The maximum absolute atomic E-state index is 12.6. The highest BCUT2D eigenvalue weighted by molar-refractivity contribution is 5.95. The highest BCUT2D eigenvalue weighted by Crippen LogP contribution is 2.30. The van der Waals surface area contributed by atoms with Gasteiger partial charge in [0, 0.05) is 18.7 Å². The van der Waals surface area contributed by atoms with Crippen LogP contribution in [0.4, 0.5) is 5.95 Å². The largest absolute Gasteiger partial charge is 0.474 e. The van der Waals surface area contributed by atoms with Crippen LogP contribution in [0.15, 0.2) is 42.5 Å². The zero-order valence-electron chi connectivity index (χ0n) is 16.6. The lowest BCUT2D eigenvalue weighted by Crippen LogP contribution is -2.40. The van der Waals surface area contributed by atoms with E-state index in [0.717, 1.165) is 22.0 Å². The molecule has 7 heteroatoms. The number of amides is 1. The molecule has 0 atom stereocenters. The summed E-state index contributed by atoms with van der Waals surface area (Å²) in [5.74, 6) is 0.699. The van der Waals surface area contributed by atoms with E-state index in [1.807, 2.05) is 61.2 Å². The van der Waals surface area contributed by atoms with Gasteiger partial charge in [0.2, 0.25) is 11.8 Å². The maximum Gasteiger partial charge on any atom is 0.254 e. The Kier molecular flexibility index (Phi) is 5.31. The molecular weight excluding hydrogens is 368 g/mol. The van der Waals surface area contributed by atoms with Crippen molar-refractivity contribution in [1.82, 2.24) is 14.9 Å². The molecule has 4 rings (SSSR count). The van der Waals surface area contributed by atoms with Crippen molar-refractivity contribution in [2.45, 2.75) is 20.0 Å². The van der Waals surface area contributed by atoms with Crippen molar-refractivity contribution in [3.63, 3.8) is 0 Å². The van der Waals surface area contributed by atoms with Gasteiger partial charge in [-0.25, -0.2) is 4.98 Å². The molecule has 0 unspecified atom stereocenters. The fourth-order valence-electron chi connectivity index (χ4n) is 3.36. The third-order valence-electron chi connectivity index (χ3n) is 4.79. The highest BCUT2D eigenvalue weighted by atomic mass is 16.5. The van der Waals surface area contributed by atoms with E-state index in [2.05, 4.69) is 9.97 Å². The topological polar surface area (TPSA) is 90.6 Å². The molecule has 0 aliphatic carbocycles. The van der Waals surface area contributed by atoms with E-state index in [9.17, 15) is 4.79 Å². The second-order valence-electron chi connectivity index (χ2n) is 7.27. The first kappa shape index (κ1) is 19.1. The number of hydrogen-bond donors (Lipinski definition) is 1. The van der Waals surface area contributed by atoms with Gasteiger partial charge >= 0.3 is 0 Å². The van der Waals surface area contributed by atoms with Crippen LogP contribution in [0.5, 0.6) is 5.88 Å². The molecule has 0 bridgehead atoms. The molecule has 7 nitrogen and oxygen atoms in total. The minimum absolute atomic E-state index is 0.0263. The molecule has 150 valence electrons. The van der Waals surface area contributed by atoms with E-state index >= 15 is 0 Å². The van der Waals surface area contributed by atoms with Crippen LogP contribution in [-0.2, 0) is 4.74 Å². The van der Waals surface area contributed by atoms with Crippen molar-refractivity contribution in [3.05, 3.63) is 48.0 Å². The van der Waals surface area contributed by atoms with Crippen molar-refractivity contribution in [1.29, 1.82) is 0 Å². The Morgan fingerprint density at radius 2 is 1.76 bits per heavy atom. The van der Waals surface area contributed by atoms with Crippen molar-refractivity contribution in [3.8, 4) is 17.0 Å². The standard InChI is InChI=1S/C22H24N4O3/c1-14(2)29-20-18-13-17(7-8-19(18)24-22(23)25-20)15-3-5-16(6-4-15)21(27)26-9-11-28-12-10-26/h3-8,13-14H,9-12H2,1-2H3,(H2,23,24,25). The van der Waals surface area contributed by atoms with Crippen LogP contribution in [0.25, 0.3) is 22.0 Å². The van der Waals surface area contributed by atoms with Gasteiger partial charge in [0.15, 0.2) is 0 Å². The number of nitrogens with zero attached hydrogens (tertiary/aromatic N) is 3. The molecule has 1 aromatic heterocycles. The molecule has 1 saturated heterocycles. The Hall–Kier alpha value is -3.19. The molecule has 1 fully saturated rings. The Bertz CT molecular complexity index is 1030. The Balaban J connectivity index is 1.64. The summed E-state index contributed by atoms with van der Waals surface area (Å²) in [5.41, 5.74) is 9.21. The van der Waals surface area contributed by atoms with Gasteiger partial charge in [0.05, 0.1) is 30.2 Å². The number of anilines is 1. The summed E-state index contributed by atoms with van der Waals surface area (Å²) in [6.07, 6.45) is -0.0263. The van der Waals surface area contributed by atoms with Crippen molar-refractivity contribution in [2.75, 3.05) is 32.0 Å². The predicted octanol–water partition coefficient (Wildman–Crippen LogP) is 3.14. The number of morpholine rings is 1. The fourth-order valence-corrected chi connectivity index (χ4v) is 3.36. The van der Waals surface area contributed by atoms with E-state index in [1.165, 1.54) is 0 Å². The molecule has 2 aromatic carbocycles. The van der Waals surface area contributed by atoms with Gasteiger partial charge in [-0.2, -0.15) is 4.98 Å². The summed E-state index contributed by atoms with van der Waals surface area (Å²) in [6.45, 7) is 6.33. The van der Waals surface area contributed by atoms with Crippen molar-refractivity contribution >= 4 is 22.8 Å². The molecule has 1 aliphatic rings. The quantitative estimate of drug-likeness (QED) is 0.734. The van der Waals surface area contributed by atoms with E-state index in [0.29, 0.717) is 37.7 Å². The number of aromatic nitrogens is 2. The number of benzene rings is 2. The Morgan fingerprint density at radius 3 is 2.45 bits per heavy atom. The van der Waals surface area contributed by atoms with Crippen LogP contribution in [0.2, 0.25) is 0 Å². The van der Waals surface area contributed by atoms with Gasteiger partial charge in [0.1, 0.15) is 0 Å². The molecule has 2 N–H and O–H groups in total. The van der Waals surface area contributed by atoms with Crippen molar-refractivity contribution in [2.24, 2.45) is 0 Å². The van der Waals surface area contributed by atoms with Gasteiger partial charge in [-0.05, 0) is 49.2 Å². The fraction of sp³-hybridized carbons (Fsp3) is 0.318. The second kappa shape index (κ2) is 8.05. The Labute approximate surface area is 169 Å². The lowest BCUT2D eigenvalue weighted by atomic mass is 10.0. The van der Waals surface area contributed by atoms with Gasteiger partial charge in [-0.3, -0.25) is 4.79 Å². The second-order valence-corrected chi connectivity index (χ2v) is 7.27. The normalized spacial score (nSPS) is 14.4. The minimum Gasteiger partial charge on any atom is -0.474 e. The average Bonchev–Trinajstić information content (AvgIpc) is 2.73. The molecule has 0 radical (unpaired) electrons. The van der Waals surface area contributed by atoms with Crippen molar-refractivity contribution < 1.29 is 14.3 Å². The average molecular weight is 392 g/mol. The third kappa shape index (κ3) is 4.14. The number of hydrogen-bond acceptors (Lipinski definition) is 6. The number of carbonyl (C=O) groups is 1.